The van der Waals surface area contributed by atoms with Crippen LogP contribution in [0.15, 0.2) is 53.6 Å². The second kappa shape index (κ2) is 6.79. The third-order valence-corrected chi connectivity index (χ3v) is 4.04. The summed E-state index contributed by atoms with van der Waals surface area (Å²) in [6.45, 7) is 0. The minimum Gasteiger partial charge on any atom is -0.495 e. The lowest BCUT2D eigenvalue weighted by molar-refractivity contribution is 0.0997. The highest BCUT2D eigenvalue weighted by atomic mass is 19.1. The highest BCUT2D eigenvalue weighted by molar-refractivity contribution is 6.03. The number of ether oxygens (including phenoxy) is 1. The number of carbonyl (C=O) groups is 1. The van der Waals surface area contributed by atoms with Gasteiger partial charge in [-0.25, -0.2) is 4.39 Å². The van der Waals surface area contributed by atoms with Gasteiger partial charge in [-0.2, -0.15) is 0 Å². The summed E-state index contributed by atoms with van der Waals surface area (Å²) < 4.78 is 20.3. The standard InChI is InChI=1S/C19H16FN3O3/c1-23-16(11-6-4-3-5-7-11)15(18(21)24)17(26-2)14(19(23)25)12-8-13(20)10-22-9-12/h3-10H,1-2H3,(H2,21,24). The zero-order chi connectivity index (χ0) is 18.8. The Labute approximate surface area is 148 Å². The van der Waals surface area contributed by atoms with Gasteiger partial charge in [0.2, 0.25) is 0 Å². The molecule has 3 rings (SSSR count). The van der Waals surface area contributed by atoms with E-state index in [1.807, 2.05) is 6.07 Å². The number of carbonyl (C=O) groups excluding carboxylic acids is 1. The highest BCUT2D eigenvalue weighted by Gasteiger charge is 2.26. The number of aromatic nitrogens is 2. The van der Waals surface area contributed by atoms with Gasteiger partial charge in [0.15, 0.2) is 0 Å². The van der Waals surface area contributed by atoms with Crippen LogP contribution in [0.4, 0.5) is 4.39 Å². The first-order valence-electron chi connectivity index (χ1n) is 7.72. The molecule has 2 heterocycles. The minimum absolute atomic E-state index is 0.00754. The third kappa shape index (κ3) is 2.83. The zero-order valence-corrected chi connectivity index (χ0v) is 14.2. The van der Waals surface area contributed by atoms with Crippen LogP contribution in [0.3, 0.4) is 0 Å². The van der Waals surface area contributed by atoms with E-state index in [0.29, 0.717) is 11.3 Å². The lowest BCUT2D eigenvalue weighted by Gasteiger charge is -2.19. The maximum Gasteiger partial charge on any atom is 0.262 e. The number of halogens is 1. The van der Waals surface area contributed by atoms with Gasteiger partial charge in [-0.1, -0.05) is 30.3 Å². The lowest BCUT2D eigenvalue weighted by atomic mass is 9.98. The van der Waals surface area contributed by atoms with Crippen LogP contribution in [0.25, 0.3) is 22.4 Å². The van der Waals surface area contributed by atoms with Gasteiger partial charge < -0.3 is 15.0 Å². The maximum atomic E-state index is 13.6. The van der Waals surface area contributed by atoms with Gasteiger partial charge in [0, 0.05) is 18.8 Å². The molecule has 0 aliphatic heterocycles. The van der Waals surface area contributed by atoms with Crippen molar-refractivity contribution in [1.82, 2.24) is 9.55 Å². The largest absolute Gasteiger partial charge is 0.495 e. The molecule has 132 valence electrons. The Balaban J connectivity index is 2.47. The molecule has 1 aromatic carbocycles. The molecule has 0 atom stereocenters. The first kappa shape index (κ1) is 17.3. The number of amides is 1. The highest BCUT2D eigenvalue weighted by Crippen LogP contribution is 2.35. The van der Waals surface area contributed by atoms with E-state index in [9.17, 15) is 14.0 Å². The fourth-order valence-corrected chi connectivity index (χ4v) is 2.94. The van der Waals surface area contributed by atoms with Crippen molar-refractivity contribution in [2.45, 2.75) is 0 Å². The molecule has 0 saturated heterocycles. The van der Waals surface area contributed by atoms with Crippen molar-refractivity contribution in [2.24, 2.45) is 12.8 Å². The van der Waals surface area contributed by atoms with Crippen molar-refractivity contribution < 1.29 is 13.9 Å². The van der Waals surface area contributed by atoms with E-state index in [4.69, 9.17) is 10.5 Å². The van der Waals surface area contributed by atoms with Gasteiger partial charge >= 0.3 is 0 Å². The van der Waals surface area contributed by atoms with Crippen molar-refractivity contribution >= 4 is 5.91 Å². The van der Waals surface area contributed by atoms with Crippen LogP contribution in [0.2, 0.25) is 0 Å². The Morgan fingerprint density at radius 2 is 1.88 bits per heavy atom. The molecule has 0 spiro atoms. The SMILES string of the molecule is COc1c(C(N)=O)c(-c2ccccc2)n(C)c(=O)c1-c1cncc(F)c1. The molecule has 2 aromatic heterocycles. The quantitative estimate of drug-likeness (QED) is 0.780. The molecule has 6 nitrogen and oxygen atoms in total. The fraction of sp³-hybridized carbons (Fsp3) is 0.105. The maximum absolute atomic E-state index is 13.6. The number of hydrogen-bond donors (Lipinski definition) is 1. The predicted molar refractivity (Wildman–Crippen MR) is 95.4 cm³/mol. The monoisotopic (exact) mass is 353 g/mol. The number of primary amides is 1. The third-order valence-electron chi connectivity index (χ3n) is 4.04. The van der Waals surface area contributed by atoms with Crippen molar-refractivity contribution in [2.75, 3.05) is 7.11 Å². The van der Waals surface area contributed by atoms with Gasteiger partial charge in [-0.15, -0.1) is 0 Å². The lowest BCUT2D eigenvalue weighted by Crippen LogP contribution is -2.27. The summed E-state index contributed by atoms with van der Waals surface area (Å²) in [5, 5.41) is 0. The average molecular weight is 353 g/mol. The van der Waals surface area contributed by atoms with Crippen molar-refractivity contribution in [3.05, 3.63) is 70.5 Å². The van der Waals surface area contributed by atoms with Crippen molar-refractivity contribution in [3.63, 3.8) is 0 Å². The Morgan fingerprint density at radius 1 is 1.19 bits per heavy atom. The number of nitrogens with two attached hydrogens (primary N) is 1. The molecule has 2 N–H and O–H groups in total. The summed E-state index contributed by atoms with van der Waals surface area (Å²) in [6, 6.07) is 10.0. The van der Waals surface area contributed by atoms with E-state index in [0.717, 1.165) is 12.3 Å². The molecule has 26 heavy (non-hydrogen) atoms. The summed E-state index contributed by atoms with van der Waals surface area (Å²) in [5.74, 6) is -1.38. The van der Waals surface area contributed by atoms with E-state index in [2.05, 4.69) is 4.98 Å². The minimum atomic E-state index is -0.762. The summed E-state index contributed by atoms with van der Waals surface area (Å²) >= 11 is 0. The molecule has 0 fully saturated rings. The van der Waals surface area contributed by atoms with E-state index < -0.39 is 17.3 Å². The van der Waals surface area contributed by atoms with Gasteiger partial charge in [0.1, 0.15) is 17.1 Å². The molecule has 3 aromatic rings. The zero-order valence-electron chi connectivity index (χ0n) is 14.2. The topological polar surface area (TPSA) is 87.2 Å². The van der Waals surface area contributed by atoms with Gasteiger partial charge in [-0.3, -0.25) is 14.6 Å². The molecule has 7 heteroatoms. The fourth-order valence-electron chi connectivity index (χ4n) is 2.94. The van der Waals surface area contributed by atoms with Gasteiger partial charge in [0.25, 0.3) is 11.5 Å². The number of methoxy groups -OCH3 is 1. The number of nitrogens with zero attached hydrogens (tertiary/aromatic N) is 2. The van der Waals surface area contributed by atoms with E-state index >= 15 is 0 Å². The van der Waals surface area contributed by atoms with Gasteiger partial charge in [0.05, 0.1) is 24.6 Å². The molecule has 0 saturated carbocycles. The van der Waals surface area contributed by atoms with E-state index in [1.54, 1.807) is 24.3 Å². The molecule has 0 bridgehead atoms. The molecule has 0 aliphatic carbocycles. The first-order chi connectivity index (χ1) is 12.5. The van der Waals surface area contributed by atoms with Crippen LogP contribution >= 0.6 is 0 Å². The van der Waals surface area contributed by atoms with E-state index in [-0.39, 0.29) is 22.4 Å². The van der Waals surface area contributed by atoms with Gasteiger partial charge in [-0.05, 0) is 11.6 Å². The molecule has 0 radical (unpaired) electrons. The predicted octanol–water partition coefficient (Wildman–Crippen LogP) is 2.36. The van der Waals surface area contributed by atoms with Crippen LogP contribution in [-0.2, 0) is 7.05 Å². The second-order valence-electron chi connectivity index (χ2n) is 5.62. The molecule has 0 unspecified atom stereocenters. The molecular formula is C19H16FN3O3. The number of rotatable bonds is 4. The molecule has 1 amide bonds. The number of pyridine rings is 2. The number of benzene rings is 1. The Kier molecular flexibility index (Phi) is 4.53. The van der Waals surface area contributed by atoms with E-state index in [1.165, 1.54) is 24.9 Å². The van der Waals surface area contributed by atoms with Crippen LogP contribution in [0.1, 0.15) is 10.4 Å². The molecule has 0 aliphatic rings. The van der Waals surface area contributed by atoms with Crippen molar-refractivity contribution in [3.8, 4) is 28.1 Å². The number of hydrogen-bond acceptors (Lipinski definition) is 4. The first-order valence-corrected chi connectivity index (χ1v) is 7.72. The van der Waals surface area contributed by atoms with Crippen LogP contribution in [0.5, 0.6) is 5.75 Å². The molecular weight excluding hydrogens is 337 g/mol. The Morgan fingerprint density at radius 3 is 2.46 bits per heavy atom. The summed E-state index contributed by atoms with van der Waals surface area (Å²) in [6.07, 6.45) is 2.35. The van der Waals surface area contributed by atoms with Crippen LogP contribution in [0, 0.1) is 5.82 Å². The summed E-state index contributed by atoms with van der Waals surface area (Å²) in [4.78, 5) is 29.0. The summed E-state index contributed by atoms with van der Waals surface area (Å²) in [7, 11) is 2.85. The average Bonchev–Trinajstić information content (AvgIpc) is 2.63. The Bertz CT molecular complexity index is 1050. The summed E-state index contributed by atoms with van der Waals surface area (Å²) in [5.41, 5.74) is 6.36. The second-order valence-corrected chi connectivity index (χ2v) is 5.62. The Hall–Kier alpha value is -3.48. The smallest absolute Gasteiger partial charge is 0.262 e. The normalized spacial score (nSPS) is 10.6. The van der Waals surface area contributed by atoms with Crippen LogP contribution in [-0.4, -0.2) is 22.6 Å². The van der Waals surface area contributed by atoms with Crippen molar-refractivity contribution in [1.29, 1.82) is 0 Å². The van der Waals surface area contributed by atoms with Crippen LogP contribution < -0.4 is 16.0 Å².